The first-order valence-corrected chi connectivity index (χ1v) is 7.67. The van der Waals surface area contributed by atoms with Gasteiger partial charge in [-0.3, -0.25) is 0 Å². The van der Waals surface area contributed by atoms with Crippen molar-refractivity contribution < 1.29 is 0 Å². The van der Waals surface area contributed by atoms with Crippen molar-refractivity contribution in [3.63, 3.8) is 0 Å². The van der Waals surface area contributed by atoms with Crippen LogP contribution >= 0.6 is 0 Å². The second kappa shape index (κ2) is 6.10. The van der Waals surface area contributed by atoms with Crippen LogP contribution in [0.15, 0.2) is 59.6 Å². The Morgan fingerprint density at radius 3 is 2.47 bits per heavy atom. The van der Waals surface area contributed by atoms with Crippen LogP contribution in [0.4, 0.5) is 0 Å². The largest absolute Gasteiger partial charge is 0.319 e. The number of allylic oxidation sites excluding steroid dienone is 9. The number of hydrogen-bond donors (Lipinski definition) is 0. The van der Waals surface area contributed by atoms with E-state index in [1.807, 2.05) is 0 Å². The van der Waals surface area contributed by atoms with Gasteiger partial charge in [-0.1, -0.05) is 30.4 Å². The summed E-state index contributed by atoms with van der Waals surface area (Å²) in [4.78, 5) is 2.53. The van der Waals surface area contributed by atoms with Crippen LogP contribution in [0.1, 0.15) is 51.4 Å². The summed E-state index contributed by atoms with van der Waals surface area (Å²) in [6.45, 7) is 0. The van der Waals surface area contributed by atoms with Gasteiger partial charge in [-0.15, -0.1) is 0 Å². The van der Waals surface area contributed by atoms with Crippen LogP contribution in [0.5, 0.6) is 0 Å². The highest BCUT2D eigenvalue weighted by Gasteiger charge is 2.19. The summed E-state index contributed by atoms with van der Waals surface area (Å²) in [5, 5.41) is 0. The minimum absolute atomic E-state index is 1.17. The van der Waals surface area contributed by atoms with E-state index in [2.05, 4.69) is 47.4 Å². The minimum atomic E-state index is 1.17. The Kier molecular flexibility index (Phi) is 4.02. The van der Waals surface area contributed by atoms with Gasteiger partial charge in [0.1, 0.15) is 0 Å². The molecule has 0 aromatic heterocycles. The molecule has 0 amide bonds. The molecule has 3 rings (SSSR count). The average molecular weight is 253 g/mol. The van der Waals surface area contributed by atoms with Gasteiger partial charge in [0.2, 0.25) is 0 Å². The summed E-state index contributed by atoms with van der Waals surface area (Å²) in [5.74, 6) is 0. The standard InChI is InChI=1S/C18H23N/c1-4-10-16(11-5-1)19(17-12-6-2-7-13-17)18-14-8-3-9-15-18/h1,4,6,10,12-14H,2-3,5,7-9,11,15H2. The van der Waals surface area contributed by atoms with E-state index in [0.29, 0.717) is 0 Å². The number of rotatable bonds is 3. The maximum absolute atomic E-state index is 2.53. The zero-order valence-corrected chi connectivity index (χ0v) is 11.6. The van der Waals surface area contributed by atoms with E-state index in [-0.39, 0.29) is 0 Å². The first kappa shape index (κ1) is 12.5. The molecule has 1 heteroatoms. The van der Waals surface area contributed by atoms with Crippen molar-refractivity contribution in [2.24, 2.45) is 0 Å². The highest BCUT2D eigenvalue weighted by Crippen LogP contribution is 2.33. The fourth-order valence-corrected chi connectivity index (χ4v) is 3.08. The second-order valence-electron chi connectivity index (χ2n) is 5.51. The Morgan fingerprint density at radius 2 is 1.79 bits per heavy atom. The maximum Gasteiger partial charge on any atom is 0.0412 e. The summed E-state index contributed by atoms with van der Waals surface area (Å²) in [6, 6.07) is 0. The molecule has 100 valence electrons. The lowest BCUT2D eigenvalue weighted by atomic mass is 9.99. The Labute approximate surface area is 116 Å². The van der Waals surface area contributed by atoms with Gasteiger partial charge in [0.15, 0.2) is 0 Å². The van der Waals surface area contributed by atoms with Crippen molar-refractivity contribution in [2.45, 2.75) is 51.4 Å². The molecule has 0 fully saturated rings. The van der Waals surface area contributed by atoms with Gasteiger partial charge in [0, 0.05) is 17.1 Å². The molecular weight excluding hydrogens is 230 g/mol. The smallest absolute Gasteiger partial charge is 0.0412 e. The zero-order valence-electron chi connectivity index (χ0n) is 11.6. The van der Waals surface area contributed by atoms with E-state index in [1.165, 1.54) is 68.5 Å². The Balaban J connectivity index is 1.92. The molecule has 0 aromatic rings. The third kappa shape index (κ3) is 2.91. The van der Waals surface area contributed by atoms with Crippen molar-refractivity contribution in [3.8, 4) is 0 Å². The molecule has 0 bridgehead atoms. The Hall–Kier alpha value is -1.50. The summed E-state index contributed by atoms with van der Waals surface area (Å²) in [6.07, 6.45) is 26.1. The predicted molar refractivity (Wildman–Crippen MR) is 81.3 cm³/mol. The van der Waals surface area contributed by atoms with Gasteiger partial charge in [0.05, 0.1) is 0 Å². The van der Waals surface area contributed by atoms with Crippen LogP contribution in [0, 0.1) is 0 Å². The molecule has 0 aliphatic heterocycles. The molecule has 19 heavy (non-hydrogen) atoms. The van der Waals surface area contributed by atoms with Gasteiger partial charge in [-0.2, -0.15) is 0 Å². The Bertz CT molecular complexity index is 474. The monoisotopic (exact) mass is 253 g/mol. The molecule has 0 heterocycles. The van der Waals surface area contributed by atoms with Gasteiger partial charge in [0.25, 0.3) is 0 Å². The van der Waals surface area contributed by atoms with E-state index in [9.17, 15) is 0 Å². The second-order valence-corrected chi connectivity index (χ2v) is 5.51. The van der Waals surface area contributed by atoms with Gasteiger partial charge < -0.3 is 4.90 Å². The molecule has 0 radical (unpaired) electrons. The molecule has 3 aliphatic carbocycles. The molecule has 0 N–H and O–H groups in total. The predicted octanol–water partition coefficient (Wildman–Crippen LogP) is 5.21. The summed E-state index contributed by atoms with van der Waals surface area (Å²) in [5.41, 5.74) is 4.38. The fraction of sp³-hybridized carbons (Fsp3) is 0.444. The van der Waals surface area contributed by atoms with Crippen LogP contribution in [0.25, 0.3) is 0 Å². The van der Waals surface area contributed by atoms with Crippen molar-refractivity contribution in [1.82, 2.24) is 4.90 Å². The van der Waals surface area contributed by atoms with E-state index in [0.717, 1.165) is 0 Å². The SMILES string of the molecule is C1=CCCC(N(C2=CCCC=C2)C2=CCCCC2)=C1. The summed E-state index contributed by atoms with van der Waals surface area (Å²) < 4.78 is 0. The van der Waals surface area contributed by atoms with Crippen molar-refractivity contribution in [2.75, 3.05) is 0 Å². The van der Waals surface area contributed by atoms with Crippen LogP contribution in [0.2, 0.25) is 0 Å². The van der Waals surface area contributed by atoms with Crippen LogP contribution in [-0.4, -0.2) is 4.90 Å². The normalized spacial score (nSPS) is 22.6. The van der Waals surface area contributed by atoms with E-state index < -0.39 is 0 Å². The van der Waals surface area contributed by atoms with Crippen molar-refractivity contribution >= 4 is 0 Å². The van der Waals surface area contributed by atoms with Crippen LogP contribution in [-0.2, 0) is 0 Å². The van der Waals surface area contributed by atoms with Crippen molar-refractivity contribution in [3.05, 3.63) is 59.6 Å². The lowest BCUT2D eigenvalue weighted by Crippen LogP contribution is -2.23. The lowest BCUT2D eigenvalue weighted by molar-refractivity contribution is 0.463. The van der Waals surface area contributed by atoms with Crippen molar-refractivity contribution in [1.29, 1.82) is 0 Å². The number of nitrogens with zero attached hydrogens (tertiary/aromatic N) is 1. The minimum Gasteiger partial charge on any atom is -0.319 e. The van der Waals surface area contributed by atoms with Gasteiger partial charge in [-0.05, 0) is 63.5 Å². The molecule has 0 aromatic carbocycles. The highest BCUT2D eigenvalue weighted by molar-refractivity contribution is 5.34. The van der Waals surface area contributed by atoms with E-state index >= 15 is 0 Å². The van der Waals surface area contributed by atoms with Crippen LogP contribution in [0.3, 0.4) is 0 Å². The molecule has 0 saturated heterocycles. The van der Waals surface area contributed by atoms with Crippen LogP contribution < -0.4 is 0 Å². The van der Waals surface area contributed by atoms with Gasteiger partial charge >= 0.3 is 0 Å². The Morgan fingerprint density at radius 1 is 0.789 bits per heavy atom. The summed E-state index contributed by atoms with van der Waals surface area (Å²) in [7, 11) is 0. The zero-order chi connectivity index (χ0) is 12.9. The molecule has 1 nitrogen and oxygen atoms in total. The highest BCUT2D eigenvalue weighted by atomic mass is 15.2. The number of hydrogen-bond acceptors (Lipinski definition) is 1. The average Bonchev–Trinajstić information content (AvgIpc) is 2.51. The molecule has 3 aliphatic rings. The third-order valence-electron chi connectivity index (χ3n) is 4.07. The molecule has 0 unspecified atom stereocenters. The topological polar surface area (TPSA) is 3.24 Å². The summed E-state index contributed by atoms with van der Waals surface area (Å²) >= 11 is 0. The van der Waals surface area contributed by atoms with Gasteiger partial charge in [-0.25, -0.2) is 0 Å². The van der Waals surface area contributed by atoms with E-state index in [4.69, 9.17) is 0 Å². The third-order valence-corrected chi connectivity index (χ3v) is 4.07. The molecule has 0 atom stereocenters. The quantitative estimate of drug-likeness (QED) is 0.667. The fourth-order valence-electron chi connectivity index (χ4n) is 3.08. The maximum atomic E-state index is 2.53. The molecular formula is C18H23N. The molecule has 0 saturated carbocycles. The first-order valence-electron chi connectivity index (χ1n) is 7.67. The van der Waals surface area contributed by atoms with E-state index in [1.54, 1.807) is 0 Å². The first-order chi connectivity index (χ1) is 9.45. The molecule has 0 spiro atoms. The lowest BCUT2D eigenvalue weighted by Gasteiger charge is -2.34.